The highest BCUT2D eigenvalue weighted by molar-refractivity contribution is 5.86. The Morgan fingerprint density at radius 3 is 2.52 bits per heavy atom. The molecule has 2 aromatic carbocycles. The molecule has 2 nitrogen and oxygen atoms in total. The van der Waals surface area contributed by atoms with Gasteiger partial charge in [-0.3, -0.25) is 0 Å². The highest BCUT2D eigenvalue weighted by Gasteiger charge is 2.28. The number of hydrogen-bond acceptors (Lipinski definition) is 2. The first-order valence-electron chi connectivity index (χ1n) is 6.87. The zero-order valence-corrected chi connectivity index (χ0v) is 11.8. The molecule has 114 valence electrons. The van der Waals surface area contributed by atoms with Crippen molar-refractivity contribution in [2.45, 2.75) is 19.1 Å². The van der Waals surface area contributed by atoms with Crippen LogP contribution in [0.2, 0.25) is 0 Å². The van der Waals surface area contributed by atoms with Crippen LogP contribution in [0.3, 0.4) is 0 Å². The van der Waals surface area contributed by atoms with Gasteiger partial charge in [0.15, 0.2) is 0 Å². The van der Waals surface area contributed by atoms with Crippen LogP contribution in [0.1, 0.15) is 18.5 Å². The maximum atomic E-state index is 12.2. The van der Waals surface area contributed by atoms with Crippen molar-refractivity contribution in [3.63, 3.8) is 0 Å². The van der Waals surface area contributed by atoms with Crippen molar-refractivity contribution in [2.75, 3.05) is 19.8 Å². The van der Waals surface area contributed by atoms with E-state index < -0.39 is 12.8 Å². The van der Waals surface area contributed by atoms with E-state index in [9.17, 15) is 13.2 Å². The quantitative estimate of drug-likeness (QED) is 0.868. The van der Waals surface area contributed by atoms with Crippen LogP contribution in [-0.2, 0) is 4.74 Å². The molecule has 5 heteroatoms. The van der Waals surface area contributed by atoms with Crippen LogP contribution < -0.4 is 5.32 Å². The van der Waals surface area contributed by atoms with Crippen LogP contribution >= 0.6 is 0 Å². The third-order valence-electron chi connectivity index (χ3n) is 3.20. The summed E-state index contributed by atoms with van der Waals surface area (Å²) >= 11 is 0. The second kappa shape index (κ2) is 6.91. The summed E-state index contributed by atoms with van der Waals surface area (Å²) in [5, 5.41) is 5.28. The molecule has 0 saturated carbocycles. The maximum absolute atomic E-state index is 12.2. The van der Waals surface area contributed by atoms with Crippen LogP contribution in [0.5, 0.6) is 0 Å². The zero-order valence-electron chi connectivity index (χ0n) is 11.8. The maximum Gasteiger partial charge on any atom is 0.411 e. The first-order chi connectivity index (χ1) is 10.0. The molecule has 0 fully saturated rings. The molecular weight excluding hydrogens is 279 g/mol. The largest absolute Gasteiger partial charge is 0.411 e. The zero-order chi connectivity index (χ0) is 15.3. The minimum absolute atomic E-state index is 0.0125. The number of halogens is 3. The second-order valence-electron chi connectivity index (χ2n) is 4.81. The first-order valence-corrected chi connectivity index (χ1v) is 6.87. The van der Waals surface area contributed by atoms with E-state index in [-0.39, 0.29) is 12.6 Å². The van der Waals surface area contributed by atoms with E-state index in [1.807, 2.05) is 49.4 Å². The van der Waals surface area contributed by atoms with E-state index in [4.69, 9.17) is 4.74 Å². The van der Waals surface area contributed by atoms with E-state index in [0.29, 0.717) is 6.54 Å². The SMILES string of the molecule is CCNC(COCC(F)(F)F)c1cccc2ccccc12. The summed E-state index contributed by atoms with van der Waals surface area (Å²) in [7, 11) is 0. The van der Waals surface area contributed by atoms with E-state index in [1.54, 1.807) is 0 Å². The Hall–Kier alpha value is -1.59. The van der Waals surface area contributed by atoms with Crippen LogP contribution in [0, 0.1) is 0 Å². The van der Waals surface area contributed by atoms with Gasteiger partial charge in [0.25, 0.3) is 0 Å². The van der Waals surface area contributed by atoms with E-state index >= 15 is 0 Å². The fraction of sp³-hybridized carbons (Fsp3) is 0.375. The number of fused-ring (bicyclic) bond motifs is 1. The summed E-state index contributed by atoms with van der Waals surface area (Å²) in [6, 6.07) is 13.4. The molecule has 1 atom stereocenters. The van der Waals surface area contributed by atoms with E-state index in [2.05, 4.69) is 5.32 Å². The van der Waals surface area contributed by atoms with Gasteiger partial charge in [-0.2, -0.15) is 13.2 Å². The van der Waals surface area contributed by atoms with Crippen molar-refractivity contribution in [2.24, 2.45) is 0 Å². The highest BCUT2D eigenvalue weighted by atomic mass is 19.4. The van der Waals surface area contributed by atoms with Crippen LogP contribution in [0.4, 0.5) is 13.2 Å². The van der Waals surface area contributed by atoms with Crippen molar-refractivity contribution in [1.82, 2.24) is 5.32 Å². The summed E-state index contributed by atoms with van der Waals surface area (Å²) in [4.78, 5) is 0. The number of alkyl halides is 3. The van der Waals surface area contributed by atoms with Gasteiger partial charge in [0.2, 0.25) is 0 Å². The Morgan fingerprint density at radius 2 is 1.81 bits per heavy atom. The van der Waals surface area contributed by atoms with Gasteiger partial charge in [0.05, 0.1) is 12.6 Å². The molecule has 1 N–H and O–H groups in total. The third-order valence-corrected chi connectivity index (χ3v) is 3.20. The molecular formula is C16H18F3NO. The summed E-state index contributed by atoms with van der Waals surface area (Å²) in [6.07, 6.45) is -4.30. The van der Waals surface area contributed by atoms with Crippen molar-refractivity contribution in [3.05, 3.63) is 48.0 Å². The number of rotatable bonds is 6. The Labute approximate surface area is 121 Å². The van der Waals surface area contributed by atoms with Gasteiger partial charge in [-0.15, -0.1) is 0 Å². The molecule has 0 aromatic heterocycles. The predicted molar refractivity (Wildman–Crippen MR) is 77.2 cm³/mol. The van der Waals surface area contributed by atoms with Crippen LogP contribution in [-0.4, -0.2) is 25.9 Å². The molecule has 0 spiro atoms. The van der Waals surface area contributed by atoms with Gasteiger partial charge in [-0.25, -0.2) is 0 Å². The minimum atomic E-state index is -4.30. The summed E-state index contributed by atoms with van der Waals surface area (Å²) < 4.78 is 41.4. The topological polar surface area (TPSA) is 21.3 Å². The molecule has 2 aromatic rings. The molecule has 1 unspecified atom stereocenters. The lowest BCUT2D eigenvalue weighted by molar-refractivity contribution is -0.175. The van der Waals surface area contributed by atoms with Crippen LogP contribution in [0.15, 0.2) is 42.5 Å². The van der Waals surface area contributed by atoms with Crippen molar-refractivity contribution in [3.8, 4) is 0 Å². The molecule has 0 bridgehead atoms. The van der Waals surface area contributed by atoms with Crippen molar-refractivity contribution < 1.29 is 17.9 Å². The minimum Gasteiger partial charge on any atom is -0.370 e. The van der Waals surface area contributed by atoms with Gasteiger partial charge >= 0.3 is 6.18 Å². The summed E-state index contributed by atoms with van der Waals surface area (Å²) in [5.41, 5.74) is 0.956. The van der Waals surface area contributed by atoms with E-state index in [1.165, 1.54) is 0 Å². The number of nitrogens with one attached hydrogen (secondary N) is 1. The number of likely N-dealkylation sites (N-methyl/N-ethyl adjacent to an activating group) is 1. The average molecular weight is 297 g/mol. The van der Waals surface area contributed by atoms with Gasteiger partial charge in [-0.05, 0) is 22.9 Å². The highest BCUT2D eigenvalue weighted by Crippen LogP contribution is 2.25. The molecule has 0 heterocycles. The fourth-order valence-corrected chi connectivity index (χ4v) is 2.35. The van der Waals surface area contributed by atoms with E-state index in [0.717, 1.165) is 16.3 Å². The van der Waals surface area contributed by atoms with Gasteiger partial charge in [0.1, 0.15) is 6.61 Å². The molecule has 2 rings (SSSR count). The Bertz CT molecular complexity index is 578. The summed E-state index contributed by atoms with van der Waals surface area (Å²) in [5.74, 6) is 0. The normalized spacial score (nSPS) is 13.5. The molecule has 0 saturated heterocycles. The Morgan fingerprint density at radius 1 is 1.10 bits per heavy atom. The van der Waals surface area contributed by atoms with Gasteiger partial charge in [-0.1, -0.05) is 49.4 Å². The number of benzene rings is 2. The molecule has 0 aliphatic carbocycles. The lowest BCUT2D eigenvalue weighted by Crippen LogP contribution is -2.28. The lowest BCUT2D eigenvalue weighted by atomic mass is 9.99. The number of ether oxygens (including phenoxy) is 1. The standard InChI is InChI=1S/C16H18F3NO/c1-2-20-15(10-21-11-16(17,18)19)14-9-5-7-12-6-3-4-8-13(12)14/h3-9,15,20H,2,10-11H2,1H3. The average Bonchev–Trinajstić information content (AvgIpc) is 2.44. The van der Waals surface area contributed by atoms with Crippen molar-refractivity contribution >= 4 is 10.8 Å². The third kappa shape index (κ3) is 4.44. The smallest absolute Gasteiger partial charge is 0.370 e. The predicted octanol–water partition coefficient (Wildman–Crippen LogP) is 4.07. The first kappa shape index (κ1) is 15.8. The fourth-order valence-electron chi connectivity index (χ4n) is 2.35. The molecule has 0 amide bonds. The molecule has 0 aliphatic heterocycles. The Kier molecular flexibility index (Phi) is 5.20. The monoisotopic (exact) mass is 297 g/mol. The molecule has 0 radical (unpaired) electrons. The Balaban J connectivity index is 2.20. The molecule has 21 heavy (non-hydrogen) atoms. The van der Waals surface area contributed by atoms with Crippen molar-refractivity contribution in [1.29, 1.82) is 0 Å². The summed E-state index contributed by atoms with van der Waals surface area (Å²) in [6.45, 7) is 1.34. The van der Waals surface area contributed by atoms with Crippen LogP contribution in [0.25, 0.3) is 10.8 Å². The number of hydrogen-bond donors (Lipinski definition) is 1. The second-order valence-corrected chi connectivity index (χ2v) is 4.81. The lowest BCUT2D eigenvalue weighted by Gasteiger charge is -2.20. The van der Waals surface area contributed by atoms with Gasteiger partial charge < -0.3 is 10.1 Å². The van der Waals surface area contributed by atoms with Gasteiger partial charge in [0, 0.05) is 0 Å². The molecule has 0 aliphatic rings.